The molecule has 4 heterocycles. The SMILES string of the molecule is C=C/C=C\c1c(C)c(C)c(CCC=C)n1-c1cc(-n2c3ccccc3c3ccccc32)c(-n2c3ccccc3c3ccccc32)cc1-n1c2c(c3ccccc31)C=CCC2. The van der Waals surface area contributed by atoms with Crippen molar-refractivity contribution in [2.75, 3.05) is 0 Å². The van der Waals surface area contributed by atoms with Gasteiger partial charge >= 0.3 is 0 Å². The van der Waals surface area contributed by atoms with Crippen molar-refractivity contribution < 1.29 is 0 Å². The first kappa shape index (κ1) is 35.8. The molecule has 0 saturated heterocycles. The fraction of sp³-hybridized carbons (Fsp3) is 0.107. The Bertz CT molecular complexity index is 3330. The maximum atomic E-state index is 4.17. The summed E-state index contributed by atoms with van der Waals surface area (Å²) < 4.78 is 10.2. The van der Waals surface area contributed by atoms with Crippen molar-refractivity contribution in [3.63, 3.8) is 0 Å². The number of benzene rings is 6. The van der Waals surface area contributed by atoms with Crippen LogP contribution in [0.25, 0.3) is 89.4 Å². The fourth-order valence-electron chi connectivity index (χ4n) is 10.1. The van der Waals surface area contributed by atoms with Gasteiger partial charge in [0.1, 0.15) is 0 Å². The van der Waals surface area contributed by atoms with Gasteiger partial charge in [-0.1, -0.05) is 128 Å². The van der Waals surface area contributed by atoms with E-state index < -0.39 is 0 Å². The zero-order chi connectivity index (χ0) is 40.5. The van der Waals surface area contributed by atoms with Gasteiger partial charge in [-0.3, -0.25) is 0 Å². The van der Waals surface area contributed by atoms with Gasteiger partial charge in [0.15, 0.2) is 0 Å². The van der Waals surface area contributed by atoms with Crippen LogP contribution in [0.15, 0.2) is 171 Å². The number of hydrogen-bond acceptors (Lipinski definition) is 0. The molecule has 1 aliphatic rings. The van der Waals surface area contributed by atoms with Crippen molar-refractivity contribution in [3.05, 3.63) is 205 Å². The summed E-state index contributed by atoms with van der Waals surface area (Å²) in [4.78, 5) is 0. The number of allylic oxidation sites excluding steroid dienone is 4. The summed E-state index contributed by atoms with van der Waals surface area (Å²) in [5, 5.41) is 6.22. The van der Waals surface area contributed by atoms with Crippen molar-refractivity contribution in [2.45, 2.75) is 39.5 Å². The van der Waals surface area contributed by atoms with E-state index in [9.17, 15) is 0 Å². The Kier molecular flexibility index (Phi) is 8.49. The molecule has 60 heavy (non-hydrogen) atoms. The molecule has 0 spiro atoms. The monoisotopic (exact) mass is 774 g/mol. The van der Waals surface area contributed by atoms with Gasteiger partial charge in [-0.15, -0.1) is 6.58 Å². The number of aromatic nitrogens is 4. The Balaban J connectivity index is 1.40. The standard InChI is InChI=1S/C56H46N4/c1-5-7-27-45-37(3)38(4)46(28-8-6-2)57(45)53-35-55(59-49-31-17-11-23-41(49)42-24-12-18-32-50(42)59)56(60-51-33-19-13-25-43(51)44-26-14-20-34-52(44)60)36-54(53)58-47-29-15-9-21-39(47)40-22-10-16-30-48(40)58/h5-7,9-15,17-27,29,31-36H,1-2,8,16,28,30H2,3-4H3/b27-7-. The van der Waals surface area contributed by atoms with Crippen LogP contribution < -0.4 is 0 Å². The van der Waals surface area contributed by atoms with Crippen molar-refractivity contribution in [1.82, 2.24) is 18.3 Å². The smallest absolute Gasteiger partial charge is 0.0725 e. The second kappa shape index (κ2) is 14.2. The minimum atomic E-state index is 0.865. The predicted octanol–water partition coefficient (Wildman–Crippen LogP) is 14.5. The largest absolute Gasteiger partial charge is 0.311 e. The molecular formula is C56H46N4. The molecule has 290 valence electrons. The molecule has 6 aromatic carbocycles. The van der Waals surface area contributed by atoms with Gasteiger partial charge in [0.05, 0.1) is 50.3 Å². The number of hydrogen-bond donors (Lipinski definition) is 0. The topological polar surface area (TPSA) is 19.7 Å². The Hall–Kier alpha value is -7.30. The summed E-state index contributed by atoms with van der Waals surface area (Å²) in [6, 6.07) is 49.4. The molecule has 4 aromatic heterocycles. The van der Waals surface area contributed by atoms with Crippen LogP contribution in [0.2, 0.25) is 0 Å². The molecule has 11 rings (SSSR count). The van der Waals surface area contributed by atoms with E-state index in [1.54, 1.807) is 0 Å². The first-order chi connectivity index (χ1) is 29.6. The van der Waals surface area contributed by atoms with E-state index in [2.05, 4.69) is 203 Å². The Morgan fingerprint density at radius 3 is 1.48 bits per heavy atom. The lowest BCUT2D eigenvalue weighted by molar-refractivity contribution is 0.846. The summed E-state index contributed by atoms with van der Waals surface area (Å²) in [6.45, 7) is 12.8. The molecule has 0 saturated carbocycles. The van der Waals surface area contributed by atoms with Gasteiger partial charge in [0, 0.05) is 49.6 Å². The highest BCUT2D eigenvalue weighted by molar-refractivity contribution is 6.12. The zero-order valence-corrected chi connectivity index (χ0v) is 34.2. The van der Waals surface area contributed by atoms with Gasteiger partial charge in [0.2, 0.25) is 0 Å². The lowest BCUT2D eigenvalue weighted by Gasteiger charge is -2.25. The van der Waals surface area contributed by atoms with Crippen LogP contribution in [0.3, 0.4) is 0 Å². The van der Waals surface area contributed by atoms with Crippen LogP contribution in [0.1, 0.15) is 46.6 Å². The molecule has 0 fully saturated rings. The number of nitrogens with zero attached hydrogens (tertiary/aromatic N) is 4. The number of para-hydroxylation sites is 5. The summed E-state index contributed by atoms with van der Waals surface area (Å²) in [5.74, 6) is 0. The second-order valence-corrected chi connectivity index (χ2v) is 16.1. The van der Waals surface area contributed by atoms with Gasteiger partial charge < -0.3 is 18.3 Å². The lowest BCUT2D eigenvalue weighted by Crippen LogP contribution is -2.14. The second-order valence-electron chi connectivity index (χ2n) is 16.1. The van der Waals surface area contributed by atoms with E-state index >= 15 is 0 Å². The van der Waals surface area contributed by atoms with E-state index in [0.717, 1.165) is 54.1 Å². The molecule has 10 aromatic rings. The van der Waals surface area contributed by atoms with Crippen LogP contribution in [-0.2, 0) is 12.8 Å². The summed E-state index contributed by atoms with van der Waals surface area (Å²) in [7, 11) is 0. The molecule has 0 N–H and O–H groups in total. The van der Waals surface area contributed by atoms with Gasteiger partial charge in [-0.05, 0) is 99.2 Å². The highest BCUT2D eigenvalue weighted by atomic mass is 15.1. The normalized spacial score (nSPS) is 12.8. The molecule has 0 aliphatic heterocycles. The van der Waals surface area contributed by atoms with Crippen molar-refractivity contribution >= 4 is 66.7 Å². The third kappa shape index (κ3) is 5.23. The zero-order valence-electron chi connectivity index (χ0n) is 34.2. The van der Waals surface area contributed by atoms with E-state index in [1.807, 2.05) is 12.2 Å². The van der Waals surface area contributed by atoms with Crippen molar-refractivity contribution in [3.8, 4) is 22.7 Å². The molecule has 0 bridgehead atoms. The van der Waals surface area contributed by atoms with Crippen LogP contribution in [-0.4, -0.2) is 18.3 Å². The quantitative estimate of drug-likeness (QED) is 0.103. The molecule has 1 aliphatic carbocycles. The summed E-state index contributed by atoms with van der Waals surface area (Å²) >= 11 is 0. The Labute approximate surface area is 350 Å². The number of fused-ring (bicyclic) bond motifs is 9. The third-order valence-corrected chi connectivity index (χ3v) is 12.9. The fourth-order valence-corrected chi connectivity index (χ4v) is 10.1. The minimum absolute atomic E-state index is 0.865. The molecule has 4 nitrogen and oxygen atoms in total. The predicted molar refractivity (Wildman–Crippen MR) is 256 cm³/mol. The Morgan fingerprint density at radius 1 is 0.533 bits per heavy atom. The molecule has 4 heteroatoms. The maximum absolute atomic E-state index is 4.17. The maximum Gasteiger partial charge on any atom is 0.0725 e. The molecule has 0 radical (unpaired) electrons. The van der Waals surface area contributed by atoms with Crippen LogP contribution in [0.5, 0.6) is 0 Å². The average Bonchev–Trinajstić information content (AvgIpc) is 3.99. The lowest BCUT2D eigenvalue weighted by atomic mass is 10.0. The minimum Gasteiger partial charge on any atom is -0.311 e. The third-order valence-electron chi connectivity index (χ3n) is 12.9. The van der Waals surface area contributed by atoms with E-state index in [1.165, 1.54) is 82.6 Å². The molecule has 0 amide bonds. The van der Waals surface area contributed by atoms with E-state index in [4.69, 9.17) is 0 Å². The number of rotatable bonds is 9. The average molecular weight is 775 g/mol. The molecule has 0 atom stereocenters. The molecule has 0 unspecified atom stereocenters. The van der Waals surface area contributed by atoms with Crippen molar-refractivity contribution in [1.29, 1.82) is 0 Å². The summed E-state index contributed by atoms with van der Waals surface area (Å²) in [5.41, 5.74) is 18.1. The van der Waals surface area contributed by atoms with Gasteiger partial charge in [-0.25, -0.2) is 0 Å². The first-order valence-electron chi connectivity index (χ1n) is 21.1. The molecular weight excluding hydrogens is 729 g/mol. The van der Waals surface area contributed by atoms with Gasteiger partial charge in [-0.2, -0.15) is 0 Å². The van der Waals surface area contributed by atoms with Crippen LogP contribution >= 0.6 is 0 Å². The highest BCUT2D eigenvalue weighted by Gasteiger charge is 2.28. The van der Waals surface area contributed by atoms with Gasteiger partial charge in [0.25, 0.3) is 0 Å². The van der Waals surface area contributed by atoms with Crippen LogP contribution in [0, 0.1) is 13.8 Å². The summed E-state index contributed by atoms with van der Waals surface area (Å²) in [6.07, 6.45) is 16.6. The van der Waals surface area contributed by atoms with Crippen LogP contribution in [0.4, 0.5) is 0 Å². The first-order valence-corrected chi connectivity index (χ1v) is 21.1. The van der Waals surface area contributed by atoms with E-state index in [-0.39, 0.29) is 0 Å². The highest BCUT2D eigenvalue weighted by Crippen LogP contribution is 2.44. The Morgan fingerprint density at radius 2 is 0.983 bits per heavy atom. The van der Waals surface area contributed by atoms with E-state index in [0.29, 0.717) is 0 Å². The van der Waals surface area contributed by atoms with Crippen molar-refractivity contribution in [2.24, 2.45) is 0 Å².